The maximum Gasteiger partial charge on any atom is 0.416 e. The average Bonchev–Trinajstić information content (AvgIpc) is 3.17. The fraction of sp³-hybridized carbons (Fsp3) is 0.368. The second-order valence-corrected chi connectivity index (χ2v) is 10.1. The fourth-order valence-electron chi connectivity index (χ4n) is 3.05. The predicted molar refractivity (Wildman–Crippen MR) is 108 cm³/mol. The van der Waals surface area contributed by atoms with Crippen molar-refractivity contribution < 1.29 is 31.2 Å². The predicted octanol–water partition coefficient (Wildman–Crippen LogP) is 2.34. The van der Waals surface area contributed by atoms with Crippen molar-refractivity contribution in [1.29, 1.82) is 0 Å². The lowest BCUT2D eigenvalue weighted by Gasteiger charge is -2.34. The quantitative estimate of drug-likeness (QED) is 0.719. The van der Waals surface area contributed by atoms with Crippen LogP contribution in [0.3, 0.4) is 0 Å². The summed E-state index contributed by atoms with van der Waals surface area (Å²) < 4.78 is 64.5. The molecule has 2 amide bonds. The number of halogens is 3. The SMILES string of the molecule is Cc1ccc(C(=O)NCC(=O)N2CCN(S(=O)(=O)c3ccc(C(F)(F)F)cc3)CC2)s1. The first-order valence-corrected chi connectivity index (χ1v) is 11.5. The lowest BCUT2D eigenvalue weighted by molar-refractivity contribution is -0.137. The Kier molecular flexibility index (Phi) is 6.72. The first-order chi connectivity index (χ1) is 14.5. The van der Waals surface area contributed by atoms with E-state index in [2.05, 4.69) is 5.32 Å². The Hall–Kier alpha value is -2.44. The Bertz CT molecular complexity index is 1060. The standard InChI is InChI=1S/C19H20F3N3O4S2/c1-13-2-7-16(30-13)18(27)23-12-17(26)24-8-10-25(11-9-24)31(28,29)15-5-3-14(4-6-15)19(20,21)22/h2-7H,8-12H2,1H3,(H,23,27). The van der Waals surface area contributed by atoms with Crippen LogP contribution in [0.5, 0.6) is 0 Å². The molecule has 1 aliphatic rings. The van der Waals surface area contributed by atoms with Crippen LogP contribution in [-0.2, 0) is 21.0 Å². The smallest absolute Gasteiger partial charge is 0.342 e. The largest absolute Gasteiger partial charge is 0.416 e. The molecule has 3 rings (SSSR count). The first-order valence-electron chi connectivity index (χ1n) is 9.28. The van der Waals surface area contributed by atoms with Crippen LogP contribution in [0.1, 0.15) is 20.1 Å². The van der Waals surface area contributed by atoms with Gasteiger partial charge in [-0.1, -0.05) is 0 Å². The lowest BCUT2D eigenvalue weighted by atomic mass is 10.2. The molecule has 1 fully saturated rings. The molecular formula is C19H20F3N3O4S2. The topological polar surface area (TPSA) is 86.8 Å². The number of carbonyl (C=O) groups is 2. The molecule has 0 radical (unpaired) electrons. The second-order valence-electron chi connectivity index (χ2n) is 6.90. The van der Waals surface area contributed by atoms with Gasteiger partial charge in [-0.25, -0.2) is 8.42 Å². The minimum absolute atomic E-state index is 0.00710. The minimum atomic E-state index is -4.55. The third-order valence-corrected chi connectivity index (χ3v) is 7.69. The summed E-state index contributed by atoms with van der Waals surface area (Å²) in [7, 11) is -3.97. The third-order valence-electron chi connectivity index (χ3n) is 4.78. The van der Waals surface area contributed by atoms with Crippen LogP contribution in [0.25, 0.3) is 0 Å². The Labute approximate surface area is 181 Å². The first kappa shape index (κ1) is 23.2. The molecule has 12 heteroatoms. The van der Waals surface area contributed by atoms with Crippen LogP contribution in [0.15, 0.2) is 41.3 Å². The highest BCUT2D eigenvalue weighted by molar-refractivity contribution is 7.89. The fourth-order valence-corrected chi connectivity index (χ4v) is 5.26. The molecule has 2 heterocycles. The Morgan fingerprint density at radius 1 is 1.03 bits per heavy atom. The van der Waals surface area contributed by atoms with Gasteiger partial charge in [0, 0.05) is 31.1 Å². The average molecular weight is 476 g/mol. The number of piperazine rings is 1. The van der Waals surface area contributed by atoms with Gasteiger partial charge < -0.3 is 10.2 Å². The Balaban J connectivity index is 1.54. The molecule has 168 valence electrons. The van der Waals surface area contributed by atoms with E-state index in [0.29, 0.717) is 4.88 Å². The van der Waals surface area contributed by atoms with Crippen molar-refractivity contribution in [1.82, 2.24) is 14.5 Å². The third kappa shape index (κ3) is 5.43. The number of sulfonamides is 1. The Morgan fingerprint density at radius 2 is 1.65 bits per heavy atom. The van der Waals surface area contributed by atoms with Gasteiger partial charge in [0.1, 0.15) is 0 Å². The van der Waals surface area contributed by atoms with E-state index in [-0.39, 0.29) is 49.4 Å². The molecule has 0 bridgehead atoms. The van der Waals surface area contributed by atoms with E-state index >= 15 is 0 Å². The number of hydrogen-bond acceptors (Lipinski definition) is 5. The molecule has 7 nitrogen and oxygen atoms in total. The summed E-state index contributed by atoms with van der Waals surface area (Å²) >= 11 is 1.31. The molecular weight excluding hydrogens is 455 g/mol. The summed E-state index contributed by atoms with van der Waals surface area (Å²) in [4.78, 5) is 27.1. The van der Waals surface area contributed by atoms with E-state index in [4.69, 9.17) is 0 Å². The van der Waals surface area contributed by atoms with Crippen molar-refractivity contribution in [2.24, 2.45) is 0 Å². The van der Waals surface area contributed by atoms with Gasteiger partial charge in [-0.05, 0) is 43.3 Å². The van der Waals surface area contributed by atoms with Crippen molar-refractivity contribution in [3.63, 3.8) is 0 Å². The summed E-state index contributed by atoms with van der Waals surface area (Å²) in [5.41, 5.74) is -0.929. The number of benzene rings is 1. The number of amides is 2. The molecule has 1 aliphatic heterocycles. The molecule has 0 unspecified atom stereocenters. The van der Waals surface area contributed by atoms with Crippen molar-refractivity contribution in [3.05, 3.63) is 51.7 Å². The molecule has 0 saturated carbocycles. The molecule has 1 aromatic heterocycles. The summed E-state index contributed by atoms with van der Waals surface area (Å²) in [5.74, 6) is -0.692. The molecule has 0 atom stereocenters. The maximum absolute atomic E-state index is 12.7. The number of aryl methyl sites for hydroxylation is 1. The van der Waals surface area contributed by atoms with Crippen LogP contribution in [-0.4, -0.2) is 62.2 Å². The van der Waals surface area contributed by atoms with Gasteiger partial charge in [0.25, 0.3) is 5.91 Å². The van der Waals surface area contributed by atoms with E-state index in [1.54, 1.807) is 12.1 Å². The number of rotatable bonds is 5. The van der Waals surface area contributed by atoms with Gasteiger partial charge in [0.2, 0.25) is 15.9 Å². The van der Waals surface area contributed by atoms with E-state index in [0.717, 1.165) is 33.4 Å². The van der Waals surface area contributed by atoms with Crippen LogP contribution in [0.4, 0.5) is 13.2 Å². The van der Waals surface area contributed by atoms with Crippen LogP contribution in [0.2, 0.25) is 0 Å². The summed E-state index contributed by atoms with van der Waals surface area (Å²) in [6, 6.07) is 6.78. The highest BCUT2D eigenvalue weighted by Gasteiger charge is 2.33. The number of nitrogens with zero attached hydrogens (tertiary/aromatic N) is 2. The van der Waals surface area contributed by atoms with Crippen molar-refractivity contribution in [3.8, 4) is 0 Å². The zero-order valence-corrected chi connectivity index (χ0v) is 18.1. The molecule has 31 heavy (non-hydrogen) atoms. The van der Waals surface area contributed by atoms with Crippen molar-refractivity contribution >= 4 is 33.2 Å². The van der Waals surface area contributed by atoms with Gasteiger partial charge in [-0.2, -0.15) is 17.5 Å². The van der Waals surface area contributed by atoms with E-state index in [1.807, 2.05) is 6.92 Å². The highest BCUT2D eigenvalue weighted by Crippen LogP contribution is 2.30. The van der Waals surface area contributed by atoms with Crippen molar-refractivity contribution in [2.75, 3.05) is 32.7 Å². The monoisotopic (exact) mass is 475 g/mol. The molecule has 0 aliphatic carbocycles. The normalized spacial score (nSPS) is 15.7. The maximum atomic E-state index is 12.7. The van der Waals surface area contributed by atoms with Gasteiger partial charge in [0.15, 0.2) is 0 Å². The van der Waals surface area contributed by atoms with E-state index in [9.17, 15) is 31.2 Å². The van der Waals surface area contributed by atoms with Crippen LogP contribution in [0, 0.1) is 6.92 Å². The highest BCUT2D eigenvalue weighted by atomic mass is 32.2. The molecule has 1 saturated heterocycles. The lowest BCUT2D eigenvalue weighted by Crippen LogP contribution is -2.52. The molecule has 1 N–H and O–H groups in total. The number of thiophene rings is 1. The van der Waals surface area contributed by atoms with Crippen molar-refractivity contribution in [2.45, 2.75) is 18.0 Å². The molecule has 2 aromatic rings. The number of nitrogens with one attached hydrogen (secondary N) is 1. The minimum Gasteiger partial charge on any atom is -0.342 e. The summed E-state index contributed by atoms with van der Waals surface area (Å²) in [6.45, 7) is 1.91. The zero-order valence-electron chi connectivity index (χ0n) is 16.5. The number of alkyl halides is 3. The molecule has 1 aromatic carbocycles. The molecule has 0 spiro atoms. The van der Waals surface area contributed by atoms with E-state index < -0.39 is 21.8 Å². The zero-order chi connectivity index (χ0) is 22.8. The van der Waals surface area contributed by atoms with Gasteiger partial charge in [-0.15, -0.1) is 11.3 Å². The van der Waals surface area contributed by atoms with Crippen LogP contribution < -0.4 is 5.32 Å². The second kappa shape index (κ2) is 8.97. The summed E-state index contributed by atoms with van der Waals surface area (Å²) in [5, 5.41) is 2.55. The van der Waals surface area contributed by atoms with Gasteiger partial charge in [0.05, 0.1) is 21.9 Å². The van der Waals surface area contributed by atoms with E-state index in [1.165, 1.54) is 16.2 Å². The summed E-state index contributed by atoms with van der Waals surface area (Å²) in [6.07, 6.45) is -4.55. The number of hydrogen-bond donors (Lipinski definition) is 1. The Morgan fingerprint density at radius 3 is 2.16 bits per heavy atom. The van der Waals surface area contributed by atoms with Crippen LogP contribution >= 0.6 is 11.3 Å². The number of carbonyl (C=O) groups excluding carboxylic acids is 2. The van der Waals surface area contributed by atoms with Gasteiger partial charge in [-0.3, -0.25) is 9.59 Å². The van der Waals surface area contributed by atoms with Gasteiger partial charge >= 0.3 is 6.18 Å².